The first-order valence-corrected chi connectivity index (χ1v) is 45.1. The largest absolute Gasteiger partial charge is 0.496 e. The number of nitrogens with one attached hydrogen (secondary N) is 8. The van der Waals surface area contributed by atoms with Gasteiger partial charge >= 0.3 is 5.97 Å². The summed E-state index contributed by atoms with van der Waals surface area (Å²) >= 11 is 0. The lowest BCUT2D eigenvalue weighted by atomic mass is 10.1. The summed E-state index contributed by atoms with van der Waals surface area (Å²) in [6.07, 6.45) is 3.04. The fourth-order valence-corrected chi connectivity index (χ4v) is 12.6. The Morgan fingerprint density at radius 2 is 0.561 bits per heavy atom. The predicted octanol–water partition coefficient (Wildman–Crippen LogP) is 9.79. The minimum atomic E-state index is -1.07. The van der Waals surface area contributed by atoms with E-state index >= 15 is 0 Å². The summed E-state index contributed by atoms with van der Waals surface area (Å²) in [5, 5.41) is 50.1. The van der Waals surface area contributed by atoms with Crippen LogP contribution in [0.15, 0.2) is 140 Å². The van der Waals surface area contributed by atoms with Crippen molar-refractivity contribution in [2.75, 3.05) is 119 Å². The molecule has 139 heavy (non-hydrogen) atoms. The Hall–Kier alpha value is -13.2. The fraction of sp³-hybridized carbons (Fsp3) is 0.426. The van der Waals surface area contributed by atoms with Crippen molar-refractivity contribution < 1.29 is 148 Å². The molecule has 7 rings (SSSR count). The highest BCUT2D eigenvalue weighted by molar-refractivity contribution is 7.10. The summed E-state index contributed by atoms with van der Waals surface area (Å²) in [6.45, 7) is 2.92. The topological polar surface area (TPSA) is 513 Å². The molecule has 0 fully saturated rings. The van der Waals surface area contributed by atoms with Gasteiger partial charge in [0.15, 0.2) is 0 Å². The minimum Gasteiger partial charge on any atom is -0.496 e. The van der Waals surface area contributed by atoms with Crippen molar-refractivity contribution in [3.8, 4) is 69.0 Å². The zero-order chi connectivity index (χ0) is 103. The van der Waals surface area contributed by atoms with Crippen LogP contribution in [0.4, 0.5) is 0 Å². The number of rotatable bonds is 57. The Morgan fingerprint density at radius 1 is 0.317 bits per heavy atom. The lowest BCUT2D eigenvalue weighted by molar-refractivity contribution is -0.168. The molecule has 0 aliphatic rings. The van der Waals surface area contributed by atoms with E-state index in [0.29, 0.717) is 195 Å². The number of carboxylic acids is 1. The van der Waals surface area contributed by atoms with Crippen molar-refractivity contribution in [1.29, 1.82) is 0 Å². The monoisotopic (exact) mass is 2010 g/mol. The molecule has 45 heteroatoms. The second kappa shape index (κ2) is 70.5. The number of carbonyl (C=O) groups excluding carboxylic acids is 11. The SMILES string of the molecule is CNC(=O)CCCOc1cc(OC)c(CN(C)OP)c(OC)c1.CNC(=O)CCCOc1cc(OC)c(CN(O)C(=O)CCC(=O)NCc2ccccc2)c(OC)c1.CNC(=O)CCCOc1cc(OC)c(CN(OP)C(=O)CCC(=O)NCc2ccccc2)c(OC)c1.CNC(=O)CCCOc1cc(OC)c(CN(OP)C(=O)CCC(=O)O)c(OC)c1.O=C(CCC(=O)NCc1ccccc1)NO.[3HH].[3HH].[3HH]. The molecule has 42 nitrogen and oxygen atoms in total. The summed E-state index contributed by atoms with van der Waals surface area (Å²) in [5.41, 5.74) is 6.81. The number of benzene rings is 7. The van der Waals surface area contributed by atoms with E-state index in [1.54, 1.807) is 103 Å². The molecule has 7 aromatic rings. The van der Waals surface area contributed by atoms with Crippen LogP contribution in [0.1, 0.15) is 146 Å². The highest BCUT2D eigenvalue weighted by Gasteiger charge is 2.27. The van der Waals surface area contributed by atoms with Crippen LogP contribution in [-0.2, 0) is 117 Å². The summed E-state index contributed by atoms with van der Waals surface area (Å²) in [6, 6.07) is 41.9. The van der Waals surface area contributed by atoms with E-state index in [1.807, 2.05) is 110 Å². The summed E-state index contributed by atoms with van der Waals surface area (Å²) in [4.78, 5) is 139. The molecule has 0 bridgehead atoms. The molecule has 0 aliphatic heterocycles. The Morgan fingerprint density at radius 3 is 0.806 bits per heavy atom. The average Bonchev–Trinajstić information content (AvgIpc) is 0.836. The zero-order valence-corrected chi connectivity index (χ0v) is 84.2. The van der Waals surface area contributed by atoms with Crippen molar-refractivity contribution in [1.82, 2.24) is 63.0 Å². The van der Waals surface area contributed by atoms with Crippen LogP contribution in [0, 0.1) is 0 Å². The van der Waals surface area contributed by atoms with E-state index in [9.17, 15) is 62.7 Å². The van der Waals surface area contributed by atoms with Crippen molar-refractivity contribution >= 4 is 99.3 Å². The maximum atomic E-state index is 12.7. The van der Waals surface area contributed by atoms with Crippen LogP contribution < -0.4 is 99.5 Å². The van der Waals surface area contributed by atoms with Crippen molar-refractivity contribution in [3.05, 3.63) is 178 Å². The van der Waals surface area contributed by atoms with Gasteiger partial charge in [0.25, 0.3) is 0 Å². The number of carboxylic acid groups (broad SMARTS) is 1. The van der Waals surface area contributed by atoms with Gasteiger partial charge in [-0.3, -0.25) is 81.8 Å². The number of hydrogen-bond acceptors (Lipinski definition) is 30. The first-order valence-electron chi connectivity index (χ1n) is 43.7. The Bertz CT molecular complexity index is 4850. The van der Waals surface area contributed by atoms with Crippen molar-refractivity contribution in [2.24, 2.45) is 0 Å². The first-order chi connectivity index (χ1) is 66.9. The van der Waals surface area contributed by atoms with Gasteiger partial charge in [-0.25, -0.2) is 20.7 Å². The van der Waals surface area contributed by atoms with Gasteiger partial charge in [-0.1, -0.05) is 91.0 Å². The normalized spacial score (nSPS) is 10.2. The minimum absolute atomic E-state index is 0. The van der Waals surface area contributed by atoms with Gasteiger partial charge in [-0.05, 0) is 42.4 Å². The maximum Gasteiger partial charge on any atom is 0.303 e. The molecule has 0 aliphatic carbocycles. The number of methoxy groups -OCH3 is 8. The van der Waals surface area contributed by atoms with Gasteiger partial charge in [0.2, 0.25) is 65.0 Å². The standard InChI is InChI=1S/C25H34N3O7P.C25H33N3O7.C18H27N2O8P.C15H25N2O5P.C11H14N2O3.3H2/c1-26-23(29)10-7-13-34-19-14-21(32-2)20(22(15-19)33-3)17-28(35-36)25(31)12-11-24(30)27-16-18-8-5-4-6-9-18;1-26-23(29)10-7-13-35-19-14-21(33-2)20(22(15-19)34-3)17-28(32)25(31)12-11-24(30)27-16-18-8-5-4-6-9-18;1-19-16(21)5-4-8-27-12-9-14(25-2)13(15(10-12)26-3)11-20(28-29)17(22)6-7-18(23)24;1-16-15(18)6-5-7-21-11-8-13(19-3)12(10-17(2)22-23)14(9-11)20-4;14-10(6-7-11(15)13-16)12-8-9-4-2-1-3-5-9;;;/h4-6,8-9,14-15H,7,10-13,16-17,36H2,1-3H3,(H,26,29)(H,27,30);4-6,8-9,14-15,32H,7,10-13,16-17H2,1-3H3,(H,26,29)(H,27,30);9-10H,4-8,11,29H2,1-3H3,(H,19,21)(H,23,24);8-9H,5-7,10,23H2,1-4H3,(H,16,18);1-5,16H,6-8H2,(H,12,14)(H,13,15);3*1H/i;;;;;3*1+2. The molecule has 0 heterocycles. The van der Waals surface area contributed by atoms with E-state index in [-0.39, 0.29) is 123 Å². The second-order valence-corrected chi connectivity index (χ2v) is 30.0. The van der Waals surface area contributed by atoms with E-state index in [1.165, 1.54) is 48.1 Å². The highest BCUT2D eigenvalue weighted by atomic mass is 31.0. The van der Waals surface area contributed by atoms with Crippen LogP contribution in [0.3, 0.4) is 0 Å². The number of amides is 11. The van der Waals surface area contributed by atoms with Gasteiger partial charge in [0.1, 0.15) is 69.0 Å². The number of hydroxylamine groups is 9. The molecule has 0 aromatic heterocycles. The Labute approximate surface area is 821 Å². The number of hydrogen-bond donors (Lipinski definition) is 11. The third-order valence-electron chi connectivity index (χ3n) is 19.7. The molecule has 7 aromatic carbocycles. The number of carbonyl (C=O) groups is 12. The molecule has 3 atom stereocenters. The molecule has 770 valence electrons. The van der Waals surface area contributed by atoms with Gasteiger partial charge in [0.05, 0.1) is 138 Å². The van der Waals surface area contributed by atoms with Crippen molar-refractivity contribution in [3.63, 3.8) is 0 Å². The Kier molecular flexibility index (Phi) is 60.8. The summed E-state index contributed by atoms with van der Waals surface area (Å²) in [5.74, 6) is 1.75. The number of nitrogens with zero attached hydrogens (tertiary/aromatic N) is 4. The molecule has 11 N–H and O–H groups in total. The van der Waals surface area contributed by atoms with Gasteiger partial charge in [0, 0.05) is 207 Å². The third-order valence-corrected chi connectivity index (χ3v) is 20.5. The van der Waals surface area contributed by atoms with Crippen LogP contribution >= 0.6 is 28.4 Å². The van der Waals surface area contributed by atoms with Crippen LogP contribution in [0.2, 0.25) is 0 Å². The van der Waals surface area contributed by atoms with Gasteiger partial charge < -0.3 is 99.2 Å². The molecule has 3 unspecified atom stereocenters. The van der Waals surface area contributed by atoms with Crippen LogP contribution in [0.5, 0.6) is 69.0 Å². The second-order valence-electron chi connectivity index (χ2n) is 29.4. The third kappa shape index (κ3) is 48.1. The number of ether oxygens (including phenoxy) is 12. The smallest absolute Gasteiger partial charge is 0.303 e. The van der Waals surface area contributed by atoms with E-state index < -0.39 is 23.7 Å². The molecule has 0 saturated heterocycles. The van der Waals surface area contributed by atoms with Gasteiger partial charge in [-0.2, -0.15) is 5.06 Å². The zero-order valence-electron chi connectivity index (χ0n) is 80.8. The van der Waals surface area contributed by atoms with Crippen LogP contribution in [-0.4, -0.2) is 225 Å². The maximum absolute atomic E-state index is 12.7. The van der Waals surface area contributed by atoms with Crippen LogP contribution in [0.25, 0.3) is 0 Å². The molecule has 0 saturated carbocycles. The summed E-state index contributed by atoms with van der Waals surface area (Å²) in [7, 11) is 26.4. The Balaban J connectivity index is 0.00000178. The molecule has 11 amide bonds. The predicted molar refractivity (Wildman–Crippen MR) is 526 cm³/mol. The van der Waals surface area contributed by atoms with E-state index in [2.05, 4.69) is 46.7 Å². The van der Waals surface area contributed by atoms with Crippen molar-refractivity contribution in [2.45, 2.75) is 149 Å². The molecule has 0 spiro atoms. The molecular formula is C94H139N12O30P3. The average molecular weight is 2020 g/mol. The highest BCUT2D eigenvalue weighted by Crippen LogP contribution is 2.40. The van der Waals surface area contributed by atoms with E-state index in [0.717, 1.165) is 32.4 Å². The molecule has 0 radical (unpaired) electrons. The quantitative estimate of drug-likeness (QED) is 0.00730. The first kappa shape index (κ1) is 120. The van der Waals surface area contributed by atoms with E-state index in [4.69, 9.17) is 81.0 Å². The lowest BCUT2D eigenvalue weighted by Crippen LogP contribution is -2.30. The fourth-order valence-electron chi connectivity index (χ4n) is 12.1. The van der Waals surface area contributed by atoms with Gasteiger partial charge in [-0.15, -0.1) is 0 Å². The lowest BCUT2D eigenvalue weighted by Gasteiger charge is -2.23. The molecular weight excluding hydrogens is 1870 g/mol. The number of aliphatic carboxylic acids is 1. The summed E-state index contributed by atoms with van der Waals surface area (Å²) < 4.78 is 81.5.